The molecule has 7 heteroatoms. The molecule has 0 amide bonds. The van der Waals surface area contributed by atoms with Crippen LogP contribution in [0.4, 0.5) is 17.1 Å². The van der Waals surface area contributed by atoms with Crippen LogP contribution in [0.15, 0.2) is 131 Å². The van der Waals surface area contributed by atoms with Crippen LogP contribution in [0.1, 0.15) is 0 Å². The molecule has 6 rings (SSSR count). The zero-order valence-electron chi connectivity index (χ0n) is 22.0. The Hall–Kier alpha value is -4.72. The minimum Gasteiger partial charge on any atom is -0.744 e. The molecule has 198 valence electrons. The Labute approximate surface area is 232 Å². The van der Waals surface area contributed by atoms with E-state index in [1.54, 1.807) is 18.2 Å². The maximum atomic E-state index is 12.3. The Bertz CT molecular complexity index is 2000. The summed E-state index contributed by atoms with van der Waals surface area (Å²) < 4.78 is 45.5. The van der Waals surface area contributed by atoms with Crippen molar-refractivity contribution in [3.8, 4) is 22.5 Å². The molecule has 40 heavy (non-hydrogen) atoms. The average molecular weight is 547 g/mol. The first-order chi connectivity index (χ1) is 19.3. The second kappa shape index (κ2) is 10.1. The van der Waals surface area contributed by atoms with Gasteiger partial charge in [0.25, 0.3) is 0 Å². The summed E-state index contributed by atoms with van der Waals surface area (Å²) >= 11 is 0. The fourth-order valence-corrected chi connectivity index (χ4v) is 5.75. The van der Waals surface area contributed by atoms with Crippen molar-refractivity contribution >= 4 is 38.1 Å². The summed E-state index contributed by atoms with van der Waals surface area (Å²) in [4.78, 5) is 1.79. The fourth-order valence-electron chi connectivity index (χ4n) is 5.07. The van der Waals surface area contributed by atoms with Crippen molar-refractivity contribution in [2.45, 2.75) is 4.90 Å². The monoisotopic (exact) mass is 546 g/mol. The predicted molar refractivity (Wildman–Crippen MR) is 158 cm³/mol. The van der Waals surface area contributed by atoms with Gasteiger partial charge >= 0.3 is 0 Å². The minimum atomic E-state index is -4.73. The quantitative estimate of drug-likeness (QED) is 0.138. The largest absolute Gasteiger partial charge is 0.744 e. The van der Waals surface area contributed by atoms with E-state index in [0.717, 1.165) is 22.4 Å². The minimum absolute atomic E-state index is 0.264. The molecular formula is C33H26N2O4S. The predicted octanol–water partition coefficient (Wildman–Crippen LogP) is 6.61. The maximum Gasteiger partial charge on any atom is 0.209 e. The first-order valence-corrected chi connectivity index (χ1v) is 14.2. The van der Waals surface area contributed by atoms with Crippen molar-refractivity contribution < 1.29 is 17.4 Å². The highest BCUT2D eigenvalue weighted by molar-refractivity contribution is 7.85. The van der Waals surface area contributed by atoms with Gasteiger partial charge in [-0.15, -0.1) is 0 Å². The van der Waals surface area contributed by atoms with Crippen molar-refractivity contribution in [1.29, 1.82) is 0 Å². The number of fused-ring (bicyclic) bond motifs is 2. The average Bonchev–Trinajstić information content (AvgIpc) is 2.99. The van der Waals surface area contributed by atoms with Crippen LogP contribution in [0, 0.1) is 0 Å². The number of hydrogen-bond donors (Lipinski definition) is 0. The highest BCUT2D eigenvalue weighted by Crippen LogP contribution is 2.43. The summed E-state index contributed by atoms with van der Waals surface area (Å²) in [7, 11) is -0.778. The second-order valence-corrected chi connectivity index (χ2v) is 10.9. The van der Waals surface area contributed by atoms with E-state index in [0.29, 0.717) is 33.4 Å². The van der Waals surface area contributed by atoms with Crippen molar-refractivity contribution in [3.05, 3.63) is 127 Å². The first kappa shape index (κ1) is 25.6. The van der Waals surface area contributed by atoms with Crippen LogP contribution in [0.5, 0.6) is 0 Å². The number of rotatable bonds is 5. The van der Waals surface area contributed by atoms with E-state index < -0.39 is 10.1 Å². The summed E-state index contributed by atoms with van der Waals surface area (Å²) in [5, 5.41) is 1.60. The van der Waals surface area contributed by atoms with E-state index in [1.807, 2.05) is 111 Å². The maximum absolute atomic E-state index is 12.3. The van der Waals surface area contributed by atoms with Crippen LogP contribution in [-0.2, 0) is 10.1 Å². The number of para-hydroxylation sites is 2. The standard InChI is InChI=1S/C33H26N2O4S/c1-34(23-11-5-3-6-12-23)25-17-19-27-30(21-25)39-31-22-26(35(2)24-13-7-4-8-14-24)18-20-28(31)33(27)29-15-9-10-16-32(29)40(36,37)38/h3-22H,1-2H3. The van der Waals surface area contributed by atoms with Gasteiger partial charge in [-0.25, -0.2) is 8.42 Å². The number of nitrogens with zero attached hydrogens (tertiary/aromatic N) is 2. The molecule has 0 saturated heterocycles. The molecule has 6 nitrogen and oxygen atoms in total. The molecule has 0 saturated carbocycles. The van der Waals surface area contributed by atoms with Crippen molar-refractivity contribution in [2.75, 3.05) is 19.0 Å². The zero-order valence-corrected chi connectivity index (χ0v) is 22.8. The smallest absolute Gasteiger partial charge is 0.209 e. The zero-order chi connectivity index (χ0) is 27.9. The molecular weight excluding hydrogens is 520 g/mol. The van der Waals surface area contributed by atoms with Crippen molar-refractivity contribution in [1.82, 2.24) is 4.58 Å². The first-order valence-electron chi connectivity index (χ1n) is 12.8. The van der Waals surface area contributed by atoms with Gasteiger partial charge < -0.3 is 13.9 Å². The lowest BCUT2D eigenvalue weighted by molar-refractivity contribution is 0.463. The van der Waals surface area contributed by atoms with E-state index in [9.17, 15) is 13.0 Å². The molecule has 0 aromatic heterocycles. The second-order valence-electron chi connectivity index (χ2n) is 9.58. The van der Waals surface area contributed by atoms with E-state index >= 15 is 0 Å². The lowest BCUT2D eigenvalue weighted by Crippen LogP contribution is -2.21. The van der Waals surface area contributed by atoms with Crippen molar-refractivity contribution in [3.63, 3.8) is 0 Å². The van der Waals surface area contributed by atoms with Crippen LogP contribution >= 0.6 is 0 Å². The molecule has 0 N–H and O–H groups in total. The van der Waals surface area contributed by atoms with Crippen LogP contribution < -0.4 is 14.8 Å². The third-order valence-corrected chi connectivity index (χ3v) is 8.07. The summed E-state index contributed by atoms with van der Waals surface area (Å²) in [6, 6.07) is 37.9. The molecule has 1 aliphatic carbocycles. The Kier molecular flexibility index (Phi) is 6.46. The molecule has 1 aliphatic heterocycles. The van der Waals surface area contributed by atoms with Crippen LogP contribution in [-0.4, -0.2) is 27.1 Å². The van der Waals surface area contributed by atoms with Crippen LogP contribution in [0.2, 0.25) is 0 Å². The number of hydrogen-bond acceptors (Lipinski definition) is 5. The molecule has 0 bridgehead atoms. The lowest BCUT2D eigenvalue weighted by atomic mass is 9.93. The highest BCUT2D eigenvalue weighted by Gasteiger charge is 2.22. The van der Waals surface area contributed by atoms with Gasteiger partial charge in [0.1, 0.15) is 28.5 Å². The van der Waals surface area contributed by atoms with Gasteiger partial charge in [0.05, 0.1) is 11.0 Å². The highest BCUT2D eigenvalue weighted by atomic mass is 32.2. The van der Waals surface area contributed by atoms with E-state index in [-0.39, 0.29) is 4.90 Å². The molecule has 0 radical (unpaired) electrons. The summed E-state index contributed by atoms with van der Waals surface area (Å²) in [6.07, 6.45) is 0. The topological polar surface area (TPSA) is 76.6 Å². The molecule has 4 aromatic rings. The van der Waals surface area contributed by atoms with Gasteiger partial charge in [0.2, 0.25) is 11.0 Å². The summed E-state index contributed by atoms with van der Waals surface area (Å²) in [5.74, 6) is 0.570. The van der Waals surface area contributed by atoms with Gasteiger partial charge in [-0.1, -0.05) is 54.6 Å². The third kappa shape index (κ3) is 4.66. The van der Waals surface area contributed by atoms with Crippen LogP contribution in [0.25, 0.3) is 33.4 Å². The van der Waals surface area contributed by atoms with Gasteiger partial charge in [-0.3, -0.25) is 0 Å². The summed E-state index contributed by atoms with van der Waals surface area (Å²) in [5.41, 5.74) is 5.17. The normalized spacial score (nSPS) is 12.5. The van der Waals surface area contributed by atoms with Gasteiger partial charge in [-0.05, 0) is 36.4 Å². The molecule has 0 atom stereocenters. The van der Waals surface area contributed by atoms with E-state index in [4.69, 9.17) is 4.42 Å². The Morgan fingerprint density at radius 2 is 1.40 bits per heavy atom. The summed E-state index contributed by atoms with van der Waals surface area (Å²) in [6.45, 7) is 0. The number of benzene rings is 5. The number of anilines is 2. The van der Waals surface area contributed by atoms with E-state index in [1.165, 1.54) is 6.07 Å². The molecule has 0 spiro atoms. The molecule has 2 aliphatic rings. The van der Waals surface area contributed by atoms with Gasteiger partial charge in [-0.2, -0.15) is 4.58 Å². The Morgan fingerprint density at radius 1 is 0.725 bits per heavy atom. The molecule has 1 heterocycles. The lowest BCUT2D eigenvalue weighted by Gasteiger charge is -2.22. The molecule has 0 unspecified atom stereocenters. The van der Waals surface area contributed by atoms with Gasteiger partial charge in [0, 0.05) is 64.8 Å². The Morgan fingerprint density at radius 3 is 2.12 bits per heavy atom. The van der Waals surface area contributed by atoms with Crippen molar-refractivity contribution in [2.24, 2.45) is 0 Å². The van der Waals surface area contributed by atoms with E-state index in [2.05, 4.69) is 9.48 Å². The third-order valence-electron chi connectivity index (χ3n) is 7.18. The van der Waals surface area contributed by atoms with Gasteiger partial charge in [0.15, 0.2) is 0 Å². The SMILES string of the molecule is CN(c1ccccc1)c1ccc2c(-c3ccccc3S(=O)(=O)[O-])c3ccc(=[N+](C)c4ccccc4)cc-3oc2c1. The molecule has 4 aromatic carbocycles. The van der Waals surface area contributed by atoms with Crippen LogP contribution in [0.3, 0.4) is 0 Å². The fraction of sp³-hybridized carbons (Fsp3) is 0.0606. The Balaban J connectivity index is 1.67. The molecule has 0 fully saturated rings.